The van der Waals surface area contributed by atoms with E-state index in [4.69, 9.17) is 5.11 Å². The number of hydrogen-bond donors (Lipinski definition) is 3. The van der Waals surface area contributed by atoms with Gasteiger partial charge in [0, 0.05) is 0 Å². The molecule has 0 atom stereocenters. The predicted molar refractivity (Wildman–Crippen MR) is 62.4 cm³/mol. The number of amides is 1. The standard InChI is InChI=1S/C11H9FN4O3/c1-5-13-9(16-15-5)10(17)14-8-3-2-6(11(18)19)4-7(8)12/h2-4H,1H3,(H,14,17)(H,18,19)(H,13,15,16). The summed E-state index contributed by atoms with van der Waals surface area (Å²) in [4.78, 5) is 26.1. The fourth-order valence-electron chi connectivity index (χ4n) is 1.37. The van der Waals surface area contributed by atoms with Gasteiger partial charge in [0.25, 0.3) is 5.91 Å². The van der Waals surface area contributed by atoms with E-state index in [1.165, 1.54) is 6.07 Å². The van der Waals surface area contributed by atoms with E-state index >= 15 is 0 Å². The number of carboxylic acids is 1. The number of nitrogens with zero attached hydrogens (tertiary/aromatic N) is 2. The van der Waals surface area contributed by atoms with Crippen LogP contribution in [0.3, 0.4) is 0 Å². The van der Waals surface area contributed by atoms with Crippen LogP contribution < -0.4 is 5.32 Å². The van der Waals surface area contributed by atoms with E-state index in [1.807, 2.05) is 0 Å². The Balaban J connectivity index is 2.20. The number of aromatic amines is 1. The van der Waals surface area contributed by atoms with Gasteiger partial charge in [0.2, 0.25) is 5.82 Å². The minimum absolute atomic E-state index is 0.126. The number of aromatic carboxylic acids is 1. The van der Waals surface area contributed by atoms with Gasteiger partial charge < -0.3 is 10.4 Å². The smallest absolute Gasteiger partial charge is 0.335 e. The van der Waals surface area contributed by atoms with Crippen LogP contribution in [0, 0.1) is 12.7 Å². The zero-order chi connectivity index (χ0) is 14.0. The first kappa shape index (κ1) is 12.7. The summed E-state index contributed by atoms with van der Waals surface area (Å²) in [5.74, 6) is -2.46. The van der Waals surface area contributed by atoms with Crippen molar-refractivity contribution in [1.82, 2.24) is 15.2 Å². The van der Waals surface area contributed by atoms with Gasteiger partial charge in [-0.1, -0.05) is 0 Å². The fraction of sp³-hybridized carbons (Fsp3) is 0.0909. The molecule has 0 saturated heterocycles. The van der Waals surface area contributed by atoms with E-state index in [1.54, 1.807) is 6.92 Å². The van der Waals surface area contributed by atoms with Crippen LogP contribution in [0.25, 0.3) is 0 Å². The molecule has 1 aromatic heterocycles. The highest BCUT2D eigenvalue weighted by Crippen LogP contribution is 2.16. The summed E-state index contributed by atoms with van der Waals surface area (Å²) in [5, 5.41) is 17.0. The number of carboxylic acid groups (broad SMARTS) is 1. The number of carbonyl (C=O) groups is 2. The zero-order valence-electron chi connectivity index (χ0n) is 9.77. The quantitative estimate of drug-likeness (QED) is 0.772. The van der Waals surface area contributed by atoms with Crippen LogP contribution in [0.5, 0.6) is 0 Å². The first-order valence-electron chi connectivity index (χ1n) is 5.20. The van der Waals surface area contributed by atoms with Crippen molar-refractivity contribution in [3.63, 3.8) is 0 Å². The lowest BCUT2D eigenvalue weighted by Gasteiger charge is -2.04. The number of aryl methyl sites for hydroxylation is 1. The van der Waals surface area contributed by atoms with E-state index in [9.17, 15) is 14.0 Å². The molecule has 19 heavy (non-hydrogen) atoms. The van der Waals surface area contributed by atoms with Crippen molar-refractivity contribution >= 4 is 17.6 Å². The molecule has 8 heteroatoms. The van der Waals surface area contributed by atoms with Crippen LogP contribution in [-0.4, -0.2) is 32.2 Å². The first-order chi connectivity index (χ1) is 8.97. The Kier molecular flexibility index (Phi) is 3.23. The summed E-state index contributed by atoms with van der Waals surface area (Å²) in [6.07, 6.45) is 0. The molecular formula is C11H9FN4O3. The molecule has 0 radical (unpaired) electrons. The molecule has 0 fully saturated rings. The molecule has 98 valence electrons. The number of benzene rings is 1. The Morgan fingerprint density at radius 3 is 2.68 bits per heavy atom. The maximum Gasteiger partial charge on any atom is 0.335 e. The van der Waals surface area contributed by atoms with Crippen LogP contribution in [-0.2, 0) is 0 Å². The Morgan fingerprint density at radius 2 is 2.16 bits per heavy atom. The molecule has 0 bridgehead atoms. The minimum atomic E-state index is -1.25. The van der Waals surface area contributed by atoms with Gasteiger partial charge in [-0.25, -0.2) is 14.2 Å². The van der Waals surface area contributed by atoms with Crippen LogP contribution in [0.4, 0.5) is 10.1 Å². The molecule has 0 unspecified atom stereocenters. The molecule has 0 saturated carbocycles. The number of H-pyrrole nitrogens is 1. The van der Waals surface area contributed by atoms with Gasteiger partial charge in [-0.15, -0.1) is 5.10 Å². The van der Waals surface area contributed by atoms with E-state index < -0.39 is 17.7 Å². The summed E-state index contributed by atoms with van der Waals surface area (Å²) in [5.41, 5.74) is -0.346. The molecule has 3 N–H and O–H groups in total. The Morgan fingerprint density at radius 1 is 1.42 bits per heavy atom. The van der Waals surface area contributed by atoms with E-state index in [0.29, 0.717) is 5.82 Å². The molecule has 0 spiro atoms. The average Bonchev–Trinajstić information content (AvgIpc) is 2.78. The van der Waals surface area contributed by atoms with Crippen molar-refractivity contribution in [3.8, 4) is 0 Å². The lowest BCUT2D eigenvalue weighted by molar-refractivity contribution is 0.0696. The van der Waals surface area contributed by atoms with Crippen molar-refractivity contribution in [3.05, 3.63) is 41.2 Å². The largest absolute Gasteiger partial charge is 0.478 e. The van der Waals surface area contributed by atoms with Crippen LogP contribution in [0.15, 0.2) is 18.2 Å². The molecule has 0 aliphatic heterocycles. The van der Waals surface area contributed by atoms with Gasteiger partial charge in [0.05, 0.1) is 11.3 Å². The van der Waals surface area contributed by atoms with Gasteiger partial charge in [0.15, 0.2) is 0 Å². The Labute approximate surface area is 106 Å². The highest BCUT2D eigenvalue weighted by molar-refractivity contribution is 6.01. The van der Waals surface area contributed by atoms with E-state index in [-0.39, 0.29) is 17.1 Å². The topological polar surface area (TPSA) is 108 Å². The normalized spacial score (nSPS) is 10.2. The van der Waals surface area contributed by atoms with Crippen LogP contribution in [0.2, 0.25) is 0 Å². The van der Waals surface area contributed by atoms with Crippen LogP contribution >= 0.6 is 0 Å². The molecule has 2 aromatic rings. The summed E-state index contributed by atoms with van der Waals surface area (Å²) in [7, 11) is 0. The van der Waals surface area contributed by atoms with Crippen molar-refractivity contribution < 1.29 is 19.1 Å². The van der Waals surface area contributed by atoms with Crippen molar-refractivity contribution in [2.45, 2.75) is 6.92 Å². The molecule has 1 amide bonds. The van der Waals surface area contributed by atoms with E-state index in [2.05, 4.69) is 20.5 Å². The molecule has 0 aliphatic carbocycles. The minimum Gasteiger partial charge on any atom is -0.478 e. The van der Waals surface area contributed by atoms with Crippen molar-refractivity contribution in [2.24, 2.45) is 0 Å². The third-order valence-electron chi connectivity index (χ3n) is 2.26. The predicted octanol–water partition coefficient (Wildman–Crippen LogP) is 1.20. The Bertz CT molecular complexity index is 653. The molecular weight excluding hydrogens is 255 g/mol. The third-order valence-corrected chi connectivity index (χ3v) is 2.26. The summed E-state index contributed by atoms with van der Waals surface area (Å²) >= 11 is 0. The number of halogens is 1. The van der Waals surface area contributed by atoms with Gasteiger partial charge in [0.1, 0.15) is 11.6 Å². The second kappa shape index (κ2) is 4.84. The van der Waals surface area contributed by atoms with Gasteiger partial charge in [-0.3, -0.25) is 9.89 Å². The van der Waals surface area contributed by atoms with Gasteiger partial charge in [-0.2, -0.15) is 0 Å². The second-order valence-electron chi connectivity index (χ2n) is 3.70. The average molecular weight is 264 g/mol. The van der Waals surface area contributed by atoms with Crippen molar-refractivity contribution in [1.29, 1.82) is 0 Å². The zero-order valence-corrected chi connectivity index (χ0v) is 9.77. The molecule has 7 nitrogen and oxygen atoms in total. The third kappa shape index (κ3) is 2.73. The number of rotatable bonds is 3. The number of aromatic nitrogens is 3. The summed E-state index contributed by atoms with van der Waals surface area (Å²) < 4.78 is 13.6. The summed E-state index contributed by atoms with van der Waals surface area (Å²) in [6.45, 7) is 1.62. The molecule has 1 heterocycles. The van der Waals surface area contributed by atoms with E-state index in [0.717, 1.165) is 12.1 Å². The molecule has 1 aromatic carbocycles. The number of hydrogen-bond acceptors (Lipinski definition) is 4. The maximum absolute atomic E-state index is 13.6. The number of nitrogens with one attached hydrogen (secondary N) is 2. The lowest BCUT2D eigenvalue weighted by atomic mass is 10.2. The van der Waals surface area contributed by atoms with Gasteiger partial charge >= 0.3 is 5.97 Å². The monoisotopic (exact) mass is 264 g/mol. The SMILES string of the molecule is Cc1nc(C(=O)Nc2ccc(C(=O)O)cc2F)n[nH]1. The Hall–Kier alpha value is -2.77. The molecule has 0 aliphatic rings. The van der Waals surface area contributed by atoms with Gasteiger partial charge in [-0.05, 0) is 25.1 Å². The first-order valence-corrected chi connectivity index (χ1v) is 5.20. The highest BCUT2D eigenvalue weighted by atomic mass is 19.1. The second-order valence-corrected chi connectivity index (χ2v) is 3.70. The summed E-state index contributed by atoms with van der Waals surface area (Å²) in [6, 6.07) is 3.17. The number of carbonyl (C=O) groups excluding carboxylic acids is 1. The molecule has 2 rings (SSSR count). The van der Waals surface area contributed by atoms with Crippen LogP contribution in [0.1, 0.15) is 26.8 Å². The highest BCUT2D eigenvalue weighted by Gasteiger charge is 2.14. The maximum atomic E-state index is 13.6. The fourth-order valence-corrected chi connectivity index (χ4v) is 1.37. The van der Waals surface area contributed by atoms with Crippen molar-refractivity contribution in [2.75, 3.05) is 5.32 Å². The number of anilines is 1. The lowest BCUT2D eigenvalue weighted by Crippen LogP contribution is -2.15.